The van der Waals surface area contributed by atoms with Gasteiger partial charge in [0.25, 0.3) is 0 Å². The molecule has 2 rings (SSSR count). The van der Waals surface area contributed by atoms with E-state index in [2.05, 4.69) is 4.98 Å². The van der Waals surface area contributed by atoms with Gasteiger partial charge < -0.3 is 4.98 Å². The molecule has 0 aliphatic carbocycles. The molecule has 1 aromatic heterocycles. The van der Waals surface area contributed by atoms with Gasteiger partial charge in [0.05, 0.1) is 0 Å². The van der Waals surface area contributed by atoms with E-state index in [4.69, 9.17) is 0 Å². The normalized spacial score (nSPS) is 11.2. The Bertz CT molecular complexity index is 481. The zero-order valence-corrected chi connectivity index (χ0v) is 8.01. The largest absolute Gasteiger partial charge is 0.355 e. The number of rotatable bonds is 3. The van der Waals surface area contributed by atoms with Crippen molar-refractivity contribution in [2.45, 2.75) is 0 Å². The number of aromatic amines is 1. The minimum absolute atomic E-state index is 0.143. The average Bonchev–Trinajstić information content (AvgIpc) is 2.59. The Morgan fingerprint density at radius 2 is 2.20 bits per heavy atom. The van der Waals surface area contributed by atoms with Gasteiger partial charge in [0.1, 0.15) is 0 Å². The number of hydrogen-bond donors (Lipinski definition) is 1. The lowest BCUT2D eigenvalue weighted by Gasteiger charge is -1.85. The van der Waals surface area contributed by atoms with E-state index < -0.39 is 0 Å². The molecule has 1 heterocycles. The van der Waals surface area contributed by atoms with Crippen LogP contribution in [-0.4, -0.2) is 16.5 Å². The standard InChI is InChI=1S/C11H10N2O2/c14-13(15)7-3-5-10-8-9-4-1-2-6-11(9)12-10/h1-6,8,12H,7H2. The Kier molecular flexibility index (Phi) is 2.49. The number of fused-ring (bicyclic) bond motifs is 1. The summed E-state index contributed by atoms with van der Waals surface area (Å²) >= 11 is 0. The van der Waals surface area contributed by atoms with Gasteiger partial charge >= 0.3 is 0 Å². The molecule has 0 aliphatic heterocycles. The van der Waals surface area contributed by atoms with E-state index in [1.807, 2.05) is 30.3 Å². The van der Waals surface area contributed by atoms with Crippen molar-refractivity contribution < 1.29 is 4.92 Å². The third-order valence-corrected chi connectivity index (χ3v) is 2.10. The van der Waals surface area contributed by atoms with Gasteiger partial charge in [0.15, 0.2) is 0 Å². The maximum atomic E-state index is 10.1. The van der Waals surface area contributed by atoms with Gasteiger partial charge in [-0.1, -0.05) is 18.2 Å². The highest BCUT2D eigenvalue weighted by molar-refractivity contribution is 5.82. The van der Waals surface area contributed by atoms with Crippen molar-refractivity contribution in [2.75, 3.05) is 6.54 Å². The van der Waals surface area contributed by atoms with Crippen LogP contribution in [0, 0.1) is 10.1 Å². The first-order valence-corrected chi connectivity index (χ1v) is 4.62. The fourth-order valence-corrected chi connectivity index (χ4v) is 1.45. The molecule has 0 bridgehead atoms. The van der Waals surface area contributed by atoms with Crippen LogP contribution in [-0.2, 0) is 0 Å². The molecular formula is C11H10N2O2. The van der Waals surface area contributed by atoms with Gasteiger partial charge in [0.2, 0.25) is 6.54 Å². The molecule has 0 saturated heterocycles. The number of aromatic nitrogens is 1. The number of nitrogens with one attached hydrogen (secondary N) is 1. The topological polar surface area (TPSA) is 58.9 Å². The molecule has 0 spiro atoms. The summed E-state index contributed by atoms with van der Waals surface area (Å²) in [7, 11) is 0. The summed E-state index contributed by atoms with van der Waals surface area (Å²) < 4.78 is 0. The molecule has 0 amide bonds. The van der Waals surface area contributed by atoms with Crippen LogP contribution in [0.3, 0.4) is 0 Å². The zero-order valence-electron chi connectivity index (χ0n) is 8.01. The molecule has 0 radical (unpaired) electrons. The van der Waals surface area contributed by atoms with Crippen molar-refractivity contribution >= 4 is 17.0 Å². The molecule has 15 heavy (non-hydrogen) atoms. The second kappa shape index (κ2) is 3.96. The number of hydrogen-bond acceptors (Lipinski definition) is 2. The van der Waals surface area contributed by atoms with Crippen molar-refractivity contribution in [2.24, 2.45) is 0 Å². The minimum atomic E-state index is -0.362. The van der Waals surface area contributed by atoms with Crippen molar-refractivity contribution in [3.63, 3.8) is 0 Å². The van der Waals surface area contributed by atoms with Crippen molar-refractivity contribution in [3.05, 3.63) is 52.2 Å². The number of para-hydroxylation sites is 1. The Balaban J connectivity index is 2.22. The maximum absolute atomic E-state index is 10.1. The molecule has 4 nitrogen and oxygen atoms in total. The van der Waals surface area contributed by atoms with Gasteiger partial charge in [-0.2, -0.15) is 0 Å². The van der Waals surface area contributed by atoms with E-state index in [-0.39, 0.29) is 11.5 Å². The number of nitrogens with zero attached hydrogens (tertiary/aromatic N) is 1. The Morgan fingerprint density at radius 3 is 2.93 bits per heavy atom. The second-order valence-electron chi connectivity index (χ2n) is 3.23. The molecular weight excluding hydrogens is 192 g/mol. The highest BCUT2D eigenvalue weighted by atomic mass is 16.6. The van der Waals surface area contributed by atoms with Gasteiger partial charge in [-0.05, 0) is 29.7 Å². The lowest BCUT2D eigenvalue weighted by molar-refractivity contribution is -0.468. The summed E-state index contributed by atoms with van der Waals surface area (Å²) in [4.78, 5) is 12.9. The number of nitro groups is 1. The molecule has 0 atom stereocenters. The fraction of sp³-hybridized carbons (Fsp3) is 0.0909. The van der Waals surface area contributed by atoms with Crippen molar-refractivity contribution in [3.8, 4) is 0 Å². The minimum Gasteiger partial charge on any atom is -0.355 e. The van der Waals surface area contributed by atoms with Crippen LogP contribution in [0.4, 0.5) is 0 Å². The van der Waals surface area contributed by atoms with E-state index in [1.54, 1.807) is 6.08 Å². The predicted octanol–water partition coefficient (Wildman–Crippen LogP) is 2.46. The van der Waals surface area contributed by atoms with E-state index in [9.17, 15) is 10.1 Å². The van der Waals surface area contributed by atoms with E-state index >= 15 is 0 Å². The first-order chi connectivity index (χ1) is 7.25. The molecule has 4 heteroatoms. The van der Waals surface area contributed by atoms with Crippen LogP contribution in [0.15, 0.2) is 36.4 Å². The molecule has 0 aliphatic rings. The summed E-state index contributed by atoms with van der Waals surface area (Å²) in [5.41, 5.74) is 1.93. The molecule has 1 N–H and O–H groups in total. The monoisotopic (exact) mass is 202 g/mol. The molecule has 76 valence electrons. The summed E-state index contributed by atoms with van der Waals surface area (Å²) in [5.74, 6) is 0. The van der Waals surface area contributed by atoms with Crippen LogP contribution in [0.1, 0.15) is 5.69 Å². The third kappa shape index (κ3) is 2.22. The Labute approximate surface area is 86.4 Å². The quantitative estimate of drug-likeness (QED) is 0.613. The van der Waals surface area contributed by atoms with Crippen molar-refractivity contribution in [1.82, 2.24) is 4.98 Å². The Morgan fingerprint density at radius 1 is 1.40 bits per heavy atom. The van der Waals surface area contributed by atoms with Crippen molar-refractivity contribution in [1.29, 1.82) is 0 Å². The first kappa shape index (κ1) is 9.45. The van der Waals surface area contributed by atoms with E-state index in [1.165, 1.54) is 6.08 Å². The van der Waals surface area contributed by atoms with Crippen LogP contribution in [0.5, 0.6) is 0 Å². The van der Waals surface area contributed by atoms with Gasteiger partial charge in [0, 0.05) is 16.1 Å². The third-order valence-electron chi connectivity index (χ3n) is 2.10. The lowest BCUT2D eigenvalue weighted by Crippen LogP contribution is -1.95. The maximum Gasteiger partial charge on any atom is 0.222 e. The highest BCUT2D eigenvalue weighted by Gasteiger charge is 1.96. The zero-order chi connectivity index (χ0) is 10.7. The van der Waals surface area contributed by atoms with E-state index in [0.717, 1.165) is 16.6 Å². The smallest absolute Gasteiger partial charge is 0.222 e. The number of benzene rings is 1. The SMILES string of the molecule is O=[N+]([O-])CC=Cc1cc2ccccc2[nH]1. The summed E-state index contributed by atoms with van der Waals surface area (Å²) in [5, 5.41) is 11.2. The summed E-state index contributed by atoms with van der Waals surface area (Å²) in [6, 6.07) is 9.84. The summed E-state index contributed by atoms with van der Waals surface area (Å²) in [6.45, 7) is -0.143. The lowest BCUT2D eigenvalue weighted by atomic mass is 10.2. The average molecular weight is 202 g/mol. The van der Waals surface area contributed by atoms with Crippen LogP contribution >= 0.6 is 0 Å². The van der Waals surface area contributed by atoms with Crippen LogP contribution in [0.25, 0.3) is 17.0 Å². The fourth-order valence-electron chi connectivity index (χ4n) is 1.45. The van der Waals surface area contributed by atoms with Crippen LogP contribution in [0.2, 0.25) is 0 Å². The molecule has 2 aromatic rings. The Hall–Kier alpha value is -2.10. The van der Waals surface area contributed by atoms with Gasteiger partial charge in [-0.3, -0.25) is 10.1 Å². The van der Waals surface area contributed by atoms with Gasteiger partial charge in [-0.25, -0.2) is 0 Å². The van der Waals surface area contributed by atoms with E-state index in [0.29, 0.717) is 0 Å². The molecule has 1 aromatic carbocycles. The second-order valence-corrected chi connectivity index (χ2v) is 3.23. The molecule has 0 saturated carbocycles. The molecule has 0 fully saturated rings. The summed E-state index contributed by atoms with van der Waals surface area (Å²) in [6.07, 6.45) is 3.26. The molecule has 0 unspecified atom stereocenters. The van der Waals surface area contributed by atoms with Crippen LogP contribution < -0.4 is 0 Å². The van der Waals surface area contributed by atoms with Gasteiger partial charge in [-0.15, -0.1) is 0 Å². The number of H-pyrrole nitrogens is 1. The predicted molar refractivity (Wildman–Crippen MR) is 59.2 cm³/mol. The first-order valence-electron chi connectivity index (χ1n) is 4.62. The highest BCUT2D eigenvalue weighted by Crippen LogP contribution is 2.15.